The fourth-order valence-corrected chi connectivity index (χ4v) is 6.25. The van der Waals surface area contributed by atoms with Crippen LogP contribution in [0.15, 0.2) is 82.1 Å². The molecule has 0 radical (unpaired) electrons. The number of nitrogens with zero attached hydrogens (tertiary/aromatic N) is 2. The molecule has 0 spiro atoms. The molecule has 3 aromatic carbocycles. The van der Waals surface area contributed by atoms with Gasteiger partial charge in [-0.25, -0.2) is 4.79 Å². The summed E-state index contributed by atoms with van der Waals surface area (Å²) in [5.74, 6) is -0.618. The van der Waals surface area contributed by atoms with E-state index in [-0.39, 0.29) is 17.3 Å². The van der Waals surface area contributed by atoms with Gasteiger partial charge in [-0.3, -0.25) is 4.79 Å². The normalized spacial score (nSPS) is 14.4. The third-order valence-electron chi connectivity index (χ3n) is 7.87. The number of aromatic hydroxyl groups is 1. The zero-order chi connectivity index (χ0) is 28.5. The molecule has 1 saturated heterocycles. The first-order valence-electron chi connectivity index (χ1n) is 13.7. The summed E-state index contributed by atoms with van der Waals surface area (Å²) in [5, 5.41) is 16.4. The number of hydrogen-bond acceptors (Lipinski definition) is 4. The highest BCUT2D eigenvalue weighted by Crippen LogP contribution is 2.41. The van der Waals surface area contributed by atoms with Gasteiger partial charge in [0.15, 0.2) is 0 Å². The Morgan fingerprint density at radius 1 is 1.05 bits per heavy atom. The molecule has 1 aliphatic heterocycles. The van der Waals surface area contributed by atoms with Crippen molar-refractivity contribution in [3.05, 3.63) is 110 Å². The number of ether oxygens (including phenoxy) is 1. The minimum absolute atomic E-state index is 0.0288. The van der Waals surface area contributed by atoms with Crippen LogP contribution in [0.5, 0.6) is 5.75 Å². The molecular formula is C32H31BrN4O4. The van der Waals surface area contributed by atoms with Crippen LogP contribution in [0, 0.1) is 0 Å². The van der Waals surface area contributed by atoms with Crippen molar-refractivity contribution in [2.24, 2.45) is 7.05 Å². The molecule has 1 fully saturated rings. The maximum Gasteiger partial charge on any atom is 0.317 e. The SMILES string of the molecule is Cn1c(=O)c(C(c2cccc(Br)c2)c2[nH]c3ccccc3c2CCNC(=O)N2CCOCC2)c(O)c2ccccc21. The number of hydrogen-bond donors (Lipinski definition) is 3. The fourth-order valence-electron chi connectivity index (χ4n) is 5.84. The van der Waals surface area contributed by atoms with Crippen LogP contribution in [0.2, 0.25) is 0 Å². The van der Waals surface area contributed by atoms with Crippen molar-refractivity contribution in [3.63, 3.8) is 0 Å². The molecule has 0 aliphatic carbocycles. The van der Waals surface area contributed by atoms with Gasteiger partial charge in [0.25, 0.3) is 5.56 Å². The van der Waals surface area contributed by atoms with Gasteiger partial charge in [0, 0.05) is 53.1 Å². The fraction of sp³-hybridized carbons (Fsp3) is 0.250. The van der Waals surface area contributed by atoms with Crippen LogP contribution in [0.1, 0.15) is 28.3 Å². The Balaban J connectivity index is 1.50. The summed E-state index contributed by atoms with van der Waals surface area (Å²) >= 11 is 3.60. The molecule has 8 nitrogen and oxygen atoms in total. The molecule has 1 atom stereocenters. The van der Waals surface area contributed by atoms with Gasteiger partial charge in [0.05, 0.1) is 30.2 Å². The predicted octanol–water partition coefficient (Wildman–Crippen LogP) is 5.25. The predicted molar refractivity (Wildman–Crippen MR) is 164 cm³/mol. The number of morpholine rings is 1. The smallest absolute Gasteiger partial charge is 0.317 e. The van der Waals surface area contributed by atoms with Crippen LogP contribution in [0.3, 0.4) is 0 Å². The summed E-state index contributed by atoms with van der Waals surface area (Å²) < 4.78 is 7.84. The van der Waals surface area contributed by atoms with Crippen molar-refractivity contribution in [2.75, 3.05) is 32.8 Å². The standard InChI is InChI=1S/C32H31BrN4O4/c1-36-26-12-5-3-10-24(26)30(38)28(31(36)39)27(20-7-6-8-21(33)19-20)29-23(22-9-2-4-11-25(22)35-29)13-14-34-32(40)37-15-17-41-18-16-37/h2-12,19,27,35,38H,13-18H2,1H3,(H,34,40). The number of halogens is 1. The molecule has 1 aliphatic rings. The number of carbonyl (C=O) groups excluding carboxylic acids is 1. The Morgan fingerprint density at radius 3 is 2.56 bits per heavy atom. The van der Waals surface area contributed by atoms with Crippen LogP contribution in [-0.4, -0.2) is 58.4 Å². The van der Waals surface area contributed by atoms with Gasteiger partial charge >= 0.3 is 6.03 Å². The number of aryl methyl sites for hydroxylation is 1. The first-order chi connectivity index (χ1) is 19.9. The first-order valence-corrected chi connectivity index (χ1v) is 14.5. The molecule has 2 aromatic heterocycles. The summed E-state index contributed by atoms with van der Waals surface area (Å²) in [6.45, 7) is 2.63. The molecule has 5 aromatic rings. The summed E-state index contributed by atoms with van der Waals surface area (Å²) in [5.41, 5.74) is 4.27. The second kappa shape index (κ2) is 11.4. The van der Waals surface area contributed by atoms with Crippen LogP contribution in [0.4, 0.5) is 4.79 Å². The van der Waals surface area contributed by atoms with E-state index in [0.717, 1.165) is 32.2 Å². The second-order valence-corrected chi connectivity index (χ2v) is 11.2. The molecule has 9 heteroatoms. The largest absolute Gasteiger partial charge is 0.507 e. The number of pyridine rings is 1. The molecule has 210 valence electrons. The lowest BCUT2D eigenvalue weighted by Crippen LogP contribution is -2.46. The number of aromatic nitrogens is 2. The highest BCUT2D eigenvalue weighted by Gasteiger charge is 2.30. The Labute approximate surface area is 245 Å². The lowest BCUT2D eigenvalue weighted by atomic mass is 9.85. The first kappa shape index (κ1) is 27.1. The van der Waals surface area contributed by atoms with Gasteiger partial charge in [0.2, 0.25) is 0 Å². The quantitative estimate of drug-likeness (QED) is 0.243. The number of aromatic amines is 1. The number of carbonyl (C=O) groups is 1. The van der Waals surface area contributed by atoms with Gasteiger partial charge in [-0.15, -0.1) is 0 Å². The van der Waals surface area contributed by atoms with Crippen LogP contribution in [0.25, 0.3) is 21.8 Å². The number of benzene rings is 3. The molecule has 3 N–H and O–H groups in total. The maximum absolute atomic E-state index is 14.0. The van der Waals surface area contributed by atoms with Gasteiger partial charge in [0.1, 0.15) is 5.75 Å². The minimum Gasteiger partial charge on any atom is -0.507 e. The molecule has 41 heavy (non-hydrogen) atoms. The van der Waals surface area contributed by atoms with Gasteiger partial charge in [-0.1, -0.05) is 58.4 Å². The third kappa shape index (κ3) is 5.11. The van der Waals surface area contributed by atoms with E-state index in [4.69, 9.17) is 4.74 Å². The lowest BCUT2D eigenvalue weighted by molar-refractivity contribution is 0.0533. The molecule has 6 rings (SSSR count). The lowest BCUT2D eigenvalue weighted by Gasteiger charge is -2.27. The second-order valence-electron chi connectivity index (χ2n) is 10.3. The highest BCUT2D eigenvalue weighted by molar-refractivity contribution is 9.10. The van der Waals surface area contributed by atoms with Crippen LogP contribution in [-0.2, 0) is 18.2 Å². The number of urea groups is 1. The summed E-state index contributed by atoms with van der Waals surface area (Å²) in [7, 11) is 1.73. The molecule has 2 amide bonds. The van der Waals surface area contributed by atoms with Gasteiger partial charge < -0.3 is 29.6 Å². The average Bonchev–Trinajstić information content (AvgIpc) is 3.36. The van der Waals surface area contributed by atoms with Crippen molar-refractivity contribution in [1.29, 1.82) is 0 Å². The van der Waals surface area contributed by atoms with Crippen molar-refractivity contribution in [1.82, 2.24) is 19.8 Å². The summed E-state index contributed by atoms with van der Waals surface area (Å²) in [4.78, 5) is 32.2. The zero-order valence-corrected chi connectivity index (χ0v) is 24.3. The van der Waals surface area contributed by atoms with Crippen molar-refractivity contribution >= 4 is 43.8 Å². The van der Waals surface area contributed by atoms with E-state index in [0.29, 0.717) is 55.7 Å². The zero-order valence-electron chi connectivity index (χ0n) is 22.7. The Hall–Kier alpha value is -4.08. The monoisotopic (exact) mass is 614 g/mol. The molecule has 3 heterocycles. The van der Waals surface area contributed by atoms with Crippen LogP contribution >= 0.6 is 15.9 Å². The number of rotatable bonds is 6. The van der Waals surface area contributed by atoms with Crippen molar-refractivity contribution < 1.29 is 14.6 Å². The van der Waals surface area contributed by atoms with E-state index in [2.05, 4.69) is 26.2 Å². The van der Waals surface area contributed by atoms with E-state index < -0.39 is 5.92 Å². The van der Waals surface area contributed by atoms with E-state index in [1.807, 2.05) is 72.8 Å². The number of amides is 2. The highest BCUT2D eigenvalue weighted by atomic mass is 79.9. The Kier molecular flexibility index (Phi) is 7.55. The van der Waals surface area contributed by atoms with Gasteiger partial charge in [-0.05, 0) is 47.9 Å². The topological polar surface area (TPSA) is 99.6 Å². The number of fused-ring (bicyclic) bond motifs is 2. The maximum atomic E-state index is 14.0. The van der Waals surface area contributed by atoms with E-state index in [1.54, 1.807) is 16.5 Å². The summed E-state index contributed by atoms with van der Waals surface area (Å²) in [6, 6.07) is 23.1. The third-order valence-corrected chi connectivity index (χ3v) is 8.36. The van der Waals surface area contributed by atoms with Gasteiger partial charge in [-0.2, -0.15) is 0 Å². The van der Waals surface area contributed by atoms with Crippen LogP contribution < -0.4 is 10.9 Å². The van der Waals surface area contributed by atoms with Crippen molar-refractivity contribution in [2.45, 2.75) is 12.3 Å². The van der Waals surface area contributed by atoms with E-state index in [1.165, 1.54) is 0 Å². The molecule has 0 saturated carbocycles. The molecule has 1 unspecified atom stereocenters. The Morgan fingerprint density at radius 2 is 1.78 bits per heavy atom. The number of H-pyrrole nitrogens is 1. The average molecular weight is 616 g/mol. The van der Waals surface area contributed by atoms with Crippen molar-refractivity contribution in [3.8, 4) is 5.75 Å². The minimum atomic E-state index is -0.590. The van der Waals surface area contributed by atoms with E-state index in [9.17, 15) is 14.7 Å². The van der Waals surface area contributed by atoms with E-state index >= 15 is 0 Å². The molecule has 0 bridgehead atoms. The Bertz CT molecular complexity index is 1810. The molecular weight excluding hydrogens is 584 g/mol. The number of para-hydroxylation sites is 2. The summed E-state index contributed by atoms with van der Waals surface area (Å²) in [6.07, 6.45) is 0.536. The number of nitrogens with one attached hydrogen (secondary N) is 2.